The van der Waals surface area contributed by atoms with Gasteiger partial charge in [0.05, 0.1) is 5.92 Å². The number of likely N-dealkylation sites (N-methyl/N-ethyl adjacent to an activating group) is 1. The van der Waals surface area contributed by atoms with Crippen LogP contribution in [-0.4, -0.2) is 43.1 Å². The van der Waals surface area contributed by atoms with Gasteiger partial charge in [0.1, 0.15) is 5.60 Å². The third-order valence-corrected chi connectivity index (χ3v) is 2.79. The molecule has 1 aromatic rings. The molecular formula is C16H24N2O3. The Bertz CT molecular complexity index is 478. The summed E-state index contributed by atoms with van der Waals surface area (Å²) in [5, 5.41) is 2.66. The predicted molar refractivity (Wildman–Crippen MR) is 82.1 cm³/mol. The summed E-state index contributed by atoms with van der Waals surface area (Å²) >= 11 is 0. The van der Waals surface area contributed by atoms with Gasteiger partial charge >= 0.3 is 6.09 Å². The van der Waals surface area contributed by atoms with Crippen molar-refractivity contribution in [3.63, 3.8) is 0 Å². The third-order valence-electron chi connectivity index (χ3n) is 2.79. The van der Waals surface area contributed by atoms with Crippen molar-refractivity contribution >= 4 is 12.0 Å². The average molecular weight is 292 g/mol. The van der Waals surface area contributed by atoms with Gasteiger partial charge in [-0.3, -0.25) is 4.79 Å². The van der Waals surface area contributed by atoms with E-state index in [0.717, 1.165) is 5.56 Å². The molecule has 0 aromatic heterocycles. The van der Waals surface area contributed by atoms with Gasteiger partial charge in [-0.05, 0) is 26.3 Å². The lowest BCUT2D eigenvalue weighted by Gasteiger charge is -2.23. The number of amides is 2. The monoisotopic (exact) mass is 292 g/mol. The second-order valence-electron chi connectivity index (χ2n) is 6.08. The Morgan fingerprint density at radius 3 is 2.24 bits per heavy atom. The third kappa shape index (κ3) is 5.85. The fraction of sp³-hybridized carbons (Fsp3) is 0.500. The van der Waals surface area contributed by atoms with Crippen LogP contribution in [0.2, 0.25) is 0 Å². The predicted octanol–water partition coefficient (Wildman–Crippen LogP) is 2.38. The first-order valence-electron chi connectivity index (χ1n) is 6.93. The number of hydrogen-bond donors (Lipinski definition) is 1. The average Bonchev–Trinajstić information content (AvgIpc) is 2.37. The molecule has 116 valence electrons. The van der Waals surface area contributed by atoms with Crippen molar-refractivity contribution in [2.45, 2.75) is 32.3 Å². The molecule has 5 nitrogen and oxygen atoms in total. The van der Waals surface area contributed by atoms with Crippen molar-refractivity contribution in [3.8, 4) is 0 Å². The summed E-state index contributed by atoms with van der Waals surface area (Å²) in [6.45, 7) is 5.60. The van der Waals surface area contributed by atoms with E-state index in [1.165, 1.54) is 4.90 Å². The summed E-state index contributed by atoms with van der Waals surface area (Å²) in [6.07, 6.45) is -0.519. The van der Waals surface area contributed by atoms with Gasteiger partial charge in [0.25, 0.3) is 0 Å². The van der Waals surface area contributed by atoms with Crippen molar-refractivity contribution in [1.29, 1.82) is 0 Å². The number of alkyl carbamates (subject to hydrolysis) is 1. The largest absolute Gasteiger partial charge is 0.444 e. The van der Waals surface area contributed by atoms with Gasteiger partial charge in [-0.25, -0.2) is 4.79 Å². The molecule has 0 bridgehead atoms. The van der Waals surface area contributed by atoms with Crippen molar-refractivity contribution in [2.75, 3.05) is 20.6 Å². The maximum absolute atomic E-state index is 12.3. The molecule has 0 saturated carbocycles. The zero-order valence-corrected chi connectivity index (χ0v) is 13.3. The highest BCUT2D eigenvalue weighted by Crippen LogP contribution is 2.17. The smallest absolute Gasteiger partial charge is 0.407 e. The van der Waals surface area contributed by atoms with Crippen molar-refractivity contribution < 1.29 is 14.3 Å². The number of benzene rings is 1. The number of hydrogen-bond acceptors (Lipinski definition) is 3. The minimum Gasteiger partial charge on any atom is -0.444 e. The molecular weight excluding hydrogens is 268 g/mol. The van der Waals surface area contributed by atoms with E-state index < -0.39 is 17.6 Å². The van der Waals surface area contributed by atoms with E-state index in [-0.39, 0.29) is 12.5 Å². The van der Waals surface area contributed by atoms with Crippen LogP contribution in [0.3, 0.4) is 0 Å². The van der Waals surface area contributed by atoms with E-state index >= 15 is 0 Å². The van der Waals surface area contributed by atoms with E-state index in [1.54, 1.807) is 34.9 Å². The molecule has 0 aliphatic heterocycles. The normalized spacial score (nSPS) is 12.4. The molecule has 0 radical (unpaired) electrons. The van der Waals surface area contributed by atoms with Crippen molar-refractivity contribution in [2.24, 2.45) is 0 Å². The van der Waals surface area contributed by atoms with Gasteiger partial charge < -0.3 is 15.0 Å². The second kappa shape index (κ2) is 7.11. The quantitative estimate of drug-likeness (QED) is 0.927. The van der Waals surface area contributed by atoms with Crippen LogP contribution in [0.1, 0.15) is 32.3 Å². The van der Waals surface area contributed by atoms with E-state index in [2.05, 4.69) is 5.32 Å². The fourth-order valence-corrected chi connectivity index (χ4v) is 1.84. The van der Waals surface area contributed by atoms with E-state index in [0.29, 0.717) is 0 Å². The molecule has 21 heavy (non-hydrogen) atoms. The molecule has 2 amide bonds. The van der Waals surface area contributed by atoms with E-state index in [1.807, 2.05) is 30.3 Å². The first-order valence-corrected chi connectivity index (χ1v) is 6.93. The van der Waals surface area contributed by atoms with Crippen LogP contribution in [0.5, 0.6) is 0 Å². The highest BCUT2D eigenvalue weighted by Gasteiger charge is 2.24. The molecule has 5 heteroatoms. The number of nitrogens with zero attached hydrogens (tertiary/aromatic N) is 1. The Kier molecular flexibility index (Phi) is 5.76. The lowest BCUT2D eigenvalue weighted by Crippen LogP contribution is -2.39. The molecule has 1 atom stereocenters. The van der Waals surface area contributed by atoms with Crippen LogP contribution in [0.15, 0.2) is 30.3 Å². The first kappa shape index (κ1) is 17.0. The molecule has 0 spiro atoms. The highest BCUT2D eigenvalue weighted by molar-refractivity contribution is 5.84. The molecule has 0 heterocycles. The molecule has 0 saturated heterocycles. The van der Waals surface area contributed by atoms with Crippen LogP contribution in [0.25, 0.3) is 0 Å². The van der Waals surface area contributed by atoms with Gasteiger partial charge in [0.15, 0.2) is 0 Å². The minimum atomic E-state index is -0.558. The van der Waals surface area contributed by atoms with Gasteiger partial charge in [-0.15, -0.1) is 0 Å². The van der Waals surface area contributed by atoms with Gasteiger partial charge in [-0.2, -0.15) is 0 Å². The van der Waals surface area contributed by atoms with Gasteiger partial charge in [0, 0.05) is 20.6 Å². The van der Waals surface area contributed by atoms with Crippen LogP contribution in [0, 0.1) is 0 Å². The van der Waals surface area contributed by atoms with Crippen molar-refractivity contribution in [1.82, 2.24) is 10.2 Å². The van der Waals surface area contributed by atoms with Crippen LogP contribution in [0.4, 0.5) is 4.79 Å². The summed E-state index contributed by atoms with van der Waals surface area (Å²) in [4.78, 5) is 25.5. The van der Waals surface area contributed by atoms with E-state index in [9.17, 15) is 9.59 Å². The summed E-state index contributed by atoms with van der Waals surface area (Å²) in [7, 11) is 3.40. The maximum Gasteiger partial charge on any atom is 0.407 e. The fourth-order valence-electron chi connectivity index (χ4n) is 1.84. The van der Waals surface area contributed by atoms with Gasteiger partial charge in [-0.1, -0.05) is 30.3 Å². The lowest BCUT2D eigenvalue weighted by molar-refractivity contribution is -0.130. The molecule has 0 aliphatic carbocycles. The Labute approximate surface area is 126 Å². The summed E-state index contributed by atoms with van der Waals surface area (Å²) in [5.74, 6) is -0.481. The number of rotatable bonds is 4. The maximum atomic E-state index is 12.3. The van der Waals surface area contributed by atoms with Crippen molar-refractivity contribution in [3.05, 3.63) is 35.9 Å². The highest BCUT2D eigenvalue weighted by atomic mass is 16.6. The number of nitrogens with one attached hydrogen (secondary N) is 1. The second-order valence-corrected chi connectivity index (χ2v) is 6.08. The van der Waals surface area contributed by atoms with Crippen LogP contribution < -0.4 is 5.32 Å². The molecule has 1 aromatic carbocycles. The Hall–Kier alpha value is -2.04. The molecule has 0 unspecified atom stereocenters. The van der Waals surface area contributed by atoms with Gasteiger partial charge in [0.2, 0.25) is 5.91 Å². The number of carbonyl (C=O) groups is 2. The summed E-state index contributed by atoms with van der Waals surface area (Å²) < 4.78 is 5.19. The van der Waals surface area contributed by atoms with Crippen LogP contribution >= 0.6 is 0 Å². The molecule has 0 fully saturated rings. The zero-order valence-electron chi connectivity index (χ0n) is 13.3. The SMILES string of the molecule is CN(C)C(=O)[C@@H](CNC(=O)OC(C)(C)C)c1ccccc1. The first-order chi connectivity index (χ1) is 9.70. The van der Waals surface area contributed by atoms with E-state index in [4.69, 9.17) is 4.74 Å². The molecule has 0 aliphatic rings. The Balaban J connectivity index is 2.76. The standard InChI is InChI=1S/C16H24N2O3/c1-16(2,3)21-15(20)17-11-13(14(19)18(4)5)12-9-7-6-8-10-12/h6-10,13H,11H2,1-5H3,(H,17,20)/t13-/m0/s1. The summed E-state index contributed by atoms with van der Waals surface area (Å²) in [6, 6.07) is 9.39. The minimum absolute atomic E-state index is 0.0581. The lowest BCUT2D eigenvalue weighted by atomic mass is 9.98. The molecule has 1 N–H and O–H groups in total. The number of carbonyl (C=O) groups excluding carboxylic acids is 2. The Morgan fingerprint density at radius 2 is 1.76 bits per heavy atom. The topological polar surface area (TPSA) is 58.6 Å². The molecule has 1 rings (SSSR count). The Morgan fingerprint density at radius 1 is 1.19 bits per heavy atom. The summed E-state index contributed by atoms with van der Waals surface area (Å²) in [5.41, 5.74) is 0.310. The zero-order chi connectivity index (χ0) is 16.0. The number of ether oxygens (including phenoxy) is 1. The van der Waals surface area contributed by atoms with Crippen LogP contribution in [-0.2, 0) is 9.53 Å².